The van der Waals surface area contributed by atoms with Gasteiger partial charge in [-0.05, 0) is 30.3 Å². The molecule has 8 heteroatoms. The fourth-order valence-corrected chi connectivity index (χ4v) is 2.15. The first-order valence-electron chi connectivity index (χ1n) is 6.23. The van der Waals surface area contributed by atoms with E-state index < -0.39 is 0 Å². The summed E-state index contributed by atoms with van der Waals surface area (Å²) in [5.74, 6) is 0. The number of aromatic nitrogens is 3. The maximum atomic E-state index is 11.9. The predicted octanol–water partition coefficient (Wildman–Crippen LogP) is 4.49. The van der Waals surface area contributed by atoms with Crippen molar-refractivity contribution in [1.82, 2.24) is 15.2 Å². The van der Waals surface area contributed by atoms with E-state index in [1.807, 2.05) is 0 Å². The largest absolute Gasteiger partial charge is 0.295 e. The van der Waals surface area contributed by atoms with Crippen LogP contribution in [0.2, 0.25) is 10.0 Å². The summed E-state index contributed by atoms with van der Waals surface area (Å²) in [5, 5.41) is 14.1. The van der Waals surface area contributed by atoms with E-state index in [0.29, 0.717) is 27.0 Å². The summed E-state index contributed by atoms with van der Waals surface area (Å²) in [5.41, 5.74) is 1.35. The number of nitrogens with zero attached hydrogens (tertiary/aromatic N) is 3. The lowest BCUT2D eigenvalue weighted by Crippen LogP contribution is -1.96. The van der Waals surface area contributed by atoms with Gasteiger partial charge in [-0.25, -0.2) is 0 Å². The topological polar surface area (TPSA) is 86.3 Å². The number of H-pyrrole nitrogens is 2. The van der Waals surface area contributed by atoms with E-state index in [4.69, 9.17) is 23.2 Å². The Morgan fingerprint density at radius 2 is 1.95 bits per heavy atom. The third-order valence-electron chi connectivity index (χ3n) is 2.87. The molecule has 0 aliphatic heterocycles. The Hall–Kier alpha value is -2.44. The molecule has 3 rings (SSSR count). The third kappa shape index (κ3) is 2.93. The van der Waals surface area contributed by atoms with E-state index in [9.17, 15) is 4.79 Å². The van der Waals surface area contributed by atoms with E-state index in [1.165, 1.54) is 0 Å². The highest BCUT2D eigenvalue weighted by atomic mass is 35.5. The normalized spacial score (nSPS) is 11.2. The van der Waals surface area contributed by atoms with Crippen molar-refractivity contribution in [1.29, 1.82) is 0 Å². The van der Waals surface area contributed by atoms with Gasteiger partial charge in [0.2, 0.25) is 0 Å². The number of azo groups is 1. The van der Waals surface area contributed by atoms with Crippen molar-refractivity contribution < 1.29 is 0 Å². The molecular formula is C14H9Cl2N5O. The monoisotopic (exact) mass is 333 g/mol. The molecule has 2 N–H and O–H groups in total. The Morgan fingerprint density at radius 1 is 1.09 bits per heavy atom. The highest BCUT2D eigenvalue weighted by Crippen LogP contribution is 2.31. The number of hydrogen-bond donors (Lipinski definition) is 2. The van der Waals surface area contributed by atoms with E-state index in [1.54, 1.807) is 42.7 Å². The number of hydrogen-bond acceptors (Lipinski definition) is 4. The van der Waals surface area contributed by atoms with E-state index in [0.717, 1.165) is 0 Å². The van der Waals surface area contributed by atoms with Gasteiger partial charge >= 0.3 is 0 Å². The molecule has 2 aromatic heterocycles. The van der Waals surface area contributed by atoms with Crippen molar-refractivity contribution in [2.45, 2.75) is 0 Å². The van der Waals surface area contributed by atoms with Crippen LogP contribution in [0.4, 0.5) is 11.4 Å². The summed E-state index contributed by atoms with van der Waals surface area (Å²) in [7, 11) is 0. The van der Waals surface area contributed by atoms with Crippen LogP contribution < -0.4 is 5.56 Å². The summed E-state index contributed by atoms with van der Waals surface area (Å²) in [6, 6.07) is 8.39. The maximum absolute atomic E-state index is 11.9. The average molecular weight is 334 g/mol. The summed E-state index contributed by atoms with van der Waals surface area (Å²) in [6.07, 6.45) is 3.26. The predicted molar refractivity (Wildman–Crippen MR) is 85.3 cm³/mol. The van der Waals surface area contributed by atoms with Crippen LogP contribution >= 0.6 is 23.2 Å². The highest BCUT2D eigenvalue weighted by molar-refractivity contribution is 6.35. The van der Waals surface area contributed by atoms with Crippen molar-refractivity contribution in [2.75, 3.05) is 0 Å². The molecule has 0 saturated carbocycles. The molecule has 0 aliphatic carbocycles. The van der Waals surface area contributed by atoms with Gasteiger partial charge in [-0.3, -0.25) is 20.0 Å². The zero-order chi connectivity index (χ0) is 15.5. The second-order valence-electron chi connectivity index (χ2n) is 4.34. The molecule has 0 saturated heterocycles. The third-order valence-corrected chi connectivity index (χ3v) is 3.42. The molecule has 0 spiro atoms. The second kappa shape index (κ2) is 6.13. The standard InChI is InChI=1S/C14H9Cl2N5O/c15-9-3-4-10(16)11(6-9)18-20-13-12(19-21-14(13)22)8-2-1-5-17-7-8/h1-7H,(H2,19,21,22). The molecule has 2 heterocycles. The Kier molecular flexibility index (Phi) is 4.04. The van der Waals surface area contributed by atoms with Crippen molar-refractivity contribution >= 4 is 34.6 Å². The number of benzene rings is 1. The summed E-state index contributed by atoms with van der Waals surface area (Å²) in [4.78, 5) is 15.9. The summed E-state index contributed by atoms with van der Waals surface area (Å²) < 4.78 is 0. The quantitative estimate of drug-likeness (QED) is 0.692. The van der Waals surface area contributed by atoms with Crippen LogP contribution in [0.1, 0.15) is 0 Å². The smallest absolute Gasteiger partial charge is 0.292 e. The second-order valence-corrected chi connectivity index (χ2v) is 5.18. The molecule has 0 aliphatic rings. The molecule has 22 heavy (non-hydrogen) atoms. The van der Waals surface area contributed by atoms with Crippen LogP contribution in [0, 0.1) is 0 Å². The van der Waals surface area contributed by atoms with Gasteiger partial charge in [0.05, 0.1) is 10.7 Å². The van der Waals surface area contributed by atoms with Crippen LogP contribution in [0.5, 0.6) is 0 Å². The van der Waals surface area contributed by atoms with Gasteiger partial charge in [-0.1, -0.05) is 23.2 Å². The lowest BCUT2D eigenvalue weighted by atomic mass is 10.2. The Balaban J connectivity index is 2.03. The molecule has 0 radical (unpaired) electrons. The van der Waals surface area contributed by atoms with Crippen molar-refractivity contribution in [2.24, 2.45) is 10.2 Å². The van der Waals surface area contributed by atoms with Gasteiger partial charge in [0, 0.05) is 23.0 Å². The minimum atomic E-state index is -0.388. The fourth-order valence-electron chi connectivity index (χ4n) is 1.83. The molecule has 3 aromatic rings. The van der Waals surface area contributed by atoms with Crippen LogP contribution in [-0.2, 0) is 0 Å². The van der Waals surface area contributed by atoms with Gasteiger partial charge in [0.1, 0.15) is 5.69 Å². The summed E-state index contributed by atoms with van der Waals surface area (Å²) >= 11 is 11.9. The molecule has 6 nitrogen and oxygen atoms in total. The van der Waals surface area contributed by atoms with E-state index in [2.05, 4.69) is 25.4 Å². The zero-order valence-electron chi connectivity index (χ0n) is 11.0. The van der Waals surface area contributed by atoms with Gasteiger partial charge in [0.15, 0.2) is 5.69 Å². The number of rotatable bonds is 3. The lowest BCUT2D eigenvalue weighted by Gasteiger charge is -1.98. The first-order valence-corrected chi connectivity index (χ1v) is 6.98. The van der Waals surface area contributed by atoms with Crippen molar-refractivity contribution in [3.05, 3.63) is 63.1 Å². The van der Waals surface area contributed by atoms with Crippen molar-refractivity contribution in [3.63, 3.8) is 0 Å². The van der Waals surface area contributed by atoms with E-state index in [-0.39, 0.29) is 11.2 Å². The van der Waals surface area contributed by atoms with Crippen LogP contribution in [0.3, 0.4) is 0 Å². The lowest BCUT2D eigenvalue weighted by molar-refractivity contribution is 1.06. The molecule has 0 bridgehead atoms. The van der Waals surface area contributed by atoms with Crippen molar-refractivity contribution in [3.8, 4) is 11.3 Å². The number of pyridine rings is 1. The van der Waals surface area contributed by atoms with E-state index >= 15 is 0 Å². The van der Waals surface area contributed by atoms with Gasteiger partial charge in [-0.15, -0.1) is 10.2 Å². The minimum Gasteiger partial charge on any atom is -0.295 e. The molecule has 0 unspecified atom stereocenters. The minimum absolute atomic E-state index is 0.143. The molecule has 0 amide bonds. The Morgan fingerprint density at radius 3 is 2.73 bits per heavy atom. The first-order chi connectivity index (χ1) is 10.6. The number of nitrogens with one attached hydrogen (secondary N) is 2. The van der Waals surface area contributed by atoms with Crippen LogP contribution in [0.25, 0.3) is 11.3 Å². The highest BCUT2D eigenvalue weighted by Gasteiger charge is 2.11. The Bertz CT molecular complexity index is 886. The molecular weight excluding hydrogens is 325 g/mol. The van der Waals surface area contributed by atoms with Gasteiger partial charge in [-0.2, -0.15) is 0 Å². The fraction of sp³-hybridized carbons (Fsp3) is 0. The van der Waals surface area contributed by atoms with Gasteiger partial charge < -0.3 is 0 Å². The zero-order valence-corrected chi connectivity index (χ0v) is 12.6. The number of aromatic amines is 2. The Labute approximate surface area is 134 Å². The molecule has 0 fully saturated rings. The SMILES string of the molecule is O=c1[nH][nH]c(-c2cccnc2)c1N=Nc1cc(Cl)ccc1Cl. The molecule has 110 valence electrons. The van der Waals surface area contributed by atoms with Gasteiger partial charge in [0.25, 0.3) is 5.56 Å². The summed E-state index contributed by atoms with van der Waals surface area (Å²) in [6.45, 7) is 0. The molecule has 0 atom stereocenters. The van der Waals surface area contributed by atoms with Crippen LogP contribution in [0.15, 0.2) is 57.7 Å². The number of halogens is 2. The first kappa shape index (κ1) is 14.5. The maximum Gasteiger partial charge on any atom is 0.292 e. The molecule has 1 aromatic carbocycles. The van der Waals surface area contributed by atoms with Crippen LogP contribution in [-0.4, -0.2) is 15.2 Å². The average Bonchev–Trinajstić information content (AvgIpc) is 2.90.